The highest BCUT2D eigenvalue weighted by Gasteiger charge is 2.29. The Morgan fingerprint density at radius 3 is 2.21 bits per heavy atom. The van der Waals surface area contributed by atoms with Gasteiger partial charge in [-0.1, -0.05) is 60.7 Å². The first-order valence-electron chi connectivity index (χ1n) is 10.1. The molecule has 1 aliphatic rings. The van der Waals surface area contributed by atoms with E-state index in [4.69, 9.17) is 0 Å². The molecule has 0 radical (unpaired) electrons. The standard InChI is InChI=1S/C26H30N2/c1-27(2)23-14-12-19(13-15-23)20-9-7-10-21(16-20)26-18-24(28(3)4)17-22-8-5-6-11-25(22)26/h5-16,24,26H,17-18H2,1-4H3/t24-,26-/m1/s1. The molecule has 2 nitrogen and oxygen atoms in total. The first-order valence-corrected chi connectivity index (χ1v) is 10.1. The molecule has 4 rings (SSSR count). The molecule has 0 unspecified atom stereocenters. The molecule has 1 aliphatic carbocycles. The molecule has 3 aromatic carbocycles. The molecule has 0 bridgehead atoms. The Labute approximate surface area is 169 Å². The molecule has 0 N–H and O–H groups in total. The van der Waals surface area contributed by atoms with Gasteiger partial charge in [0.25, 0.3) is 0 Å². The topological polar surface area (TPSA) is 6.48 Å². The third kappa shape index (κ3) is 3.70. The van der Waals surface area contributed by atoms with E-state index in [1.807, 2.05) is 0 Å². The quantitative estimate of drug-likeness (QED) is 0.604. The Hall–Kier alpha value is -2.58. The van der Waals surface area contributed by atoms with Crippen molar-refractivity contribution in [2.75, 3.05) is 33.1 Å². The number of hydrogen-bond donors (Lipinski definition) is 0. The van der Waals surface area contributed by atoms with Gasteiger partial charge in [-0.15, -0.1) is 0 Å². The van der Waals surface area contributed by atoms with E-state index in [9.17, 15) is 0 Å². The Bertz CT molecular complexity index is 941. The van der Waals surface area contributed by atoms with Crippen LogP contribution in [0.2, 0.25) is 0 Å². The number of anilines is 1. The summed E-state index contributed by atoms with van der Waals surface area (Å²) in [7, 11) is 8.57. The van der Waals surface area contributed by atoms with E-state index in [0.717, 1.165) is 6.42 Å². The lowest BCUT2D eigenvalue weighted by atomic mass is 9.76. The predicted molar refractivity (Wildman–Crippen MR) is 120 cm³/mol. The minimum atomic E-state index is 0.457. The fourth-order valence-electron chi connectivity index (χ4n) is 4.39. The third-order valence-electron chi connectivity index (χ3n) is 6.13. The van der Waals surface area contributed by atoms with Gasteiger partial charge in [-0.25, -0.2) is 0 Å². The SMILES string of the molecule is CN(C)c1ccc(-c2cccc([C@H]3C[C@H](N(C)C)Cc4ccccc43)c2)cc1. The fourth-order valence-corrected chi connectivity index (χ4v) is 4.39. The summed E-state index contributed by atoms with van der Waals surface area (Å²) < 4.78 is 0. The fraction of sp³-hybridized carbons (Fsp3) is 0.308. The van der Waals surface area contributed by atoms with Gasteiger partial charge in [-0.3, -0.25) is 0 Å². The molecule has 0 aromatic heterocycles. The highest BCUT2D eigenvalue weighted by Crippen LogP contribution is 2.39. The average Bonchev–Trinajstić information content (AvgIpc) is 2.73. The van der Waals surface area contributed by atoms with Gasteiger partial charge in [0.2, 0.25) is 0 Å². The van der Waals surface area contributed by atoms with Crippen LogP contribution in [0.25, 0.3) is 11.1 Å². The lowest BCUT2D eigenvalue weighted by molar-refractivity contribution is 0.258. The zero-order valence-electron chi connectivity index (χ0n) is 17.4. The number of hydrogen-bond acceptors (Lipinski definition) is 2. The maximum atomic E-state index is 2.39. The van der Waals surface area contributed by atoms with Crippen LogP contribution < -0.4 is 4.90 Å². The molecule has 0 saturated carbocycles. The highest BCUT2D eigenvalue weighted by atomic mass is 15.1. The number of benzene rings is 3. The zero-order valence-corrected chi connectivity index (χ0v) is 17.4. The molecule has 2 atom stereocenters. The van der Waals surface area contributed by atoms with Crippen LogP contribution in [0.4, 0.5) is 5.69 Å². The highest BCUT2D eigenvalue weighted by molar-refractivity contribution is 5.67. The van der Waals surface area contributed by atoms with E-state index >= 15 is 0 Å². The molecular weight excluding hydrogens is 340 g/mol. The van der Waals surface area contributed by atoms with E-state index in [0.29, 0.717) is 12.0 Å². The summed E-state index contributed by atoms with van der Waals surface area (Å²) in [6, 6.07) is 27.6. The zero-order chi connectivity index (χ0) is 19.7. The molecule has 0 fully saturated rings. The maximum absolute atomic E-state index is 2.39. The molecule has 3 aromatic rings. The van der Waals surface area contributed by atoms with Gasteiger partial charge in [0.05, 0.1) is 0 Å². The second-order valence-corrected chi connectivity index (χ2v) is 8.38. The number of nitrogens with zero attached hydrogens (tertiary/aromatic N) is 2. The van der Waals surface area contributed by atoms with Gasteiger partial charge < -0.3 is 9.80 Å². The molecule has 28 heavy (non-hydrogen) atoms. The smallest absolute Gasteiger partial charge is 0.0361 e. The van der Waals surface area contributed by atoms with Gasteiger partial charge >= 0.3 is 0 Å². The largest absolute Gasteiger partial charge is 0.378 e. The van der Waals surface area contributed by atoms with E-state index in [1.54, 1.807) is 0 Å². The van der Waals surface area contributed by atoms with Crippen molar-refractivity contribution in [1.29, 1.82) is 0 Å². The van der Waals surface area contributed by atoms with Crippen LogP contribution in [0.5, 0.6) is 0 Å². The maximum Gasteiger partial charge on any atom is 0.0361 e. The lowest BCUT2D eigenvalue weighted by Gasteiger charge is -2.35. The number of likely N-dealkylation sites (N-methyl/N-ethyl adjacent to an activating group) is 1. The van der Waals surface area contributed by atoms with Crippen LogP contribution in [0.1, 0.15) is 29.0 Å². The van der Waals surface area contributed by atoms with Crippen LogP contribution in [-0.2, 0) is 6.42 Å². The van der Waals surface area contributed by atoms with Crippen LogP contribution in [-0.4, -0.2) is 39.1 Å². The van der Waals surface area contributed by atoms with Crippen molar-refractivity contribution < 1.29 is 0 Å². The molecule has 2 heteroatoms. The molecule has 0 heterocycles. The van der Waals surface area contributed by atoms with Crippen LogP contribution in [0.3, 0.4) is 0 Å². The van der Waals surface area contributed by atoms with E-state index in [1.165, 1.54) is 39.9 Å². The monoisotopic (exact) mass is 370 g/mol. The average molecular weight is 371 g/mol. The van der Waals surface area contributed by atoms with Gasteiger partial charge in [0.15, 0.2) is 0 Å². The van der Waals surface area contributed by atoms with Crippen LogP contribution in [0, 0.1) is 0 Å². The molecule has 0 amide bonds. The van der Waals surface area contributed by atoms with Crippen molar-refractivity contribution >= 4 is 5.69 Å². The first kappa shape index (κ1) is 18.8. The van der Waals surface area contributed by atoms with Crippen LogP contribution in [0.15, 0.2) is 72.8 Å². The summed E-state index contributed by atoms with van der Waals surface area (Å²) in [5, 5.41) is 0. The van der Waals surface area contributed by atoms with Gasteiger partial charge in [0.1, 0.15) is 0 Å². The van der Waals surface area contributed by atoms with Crippen molar-refractivity contribution in [2.45, 2.75) is 24.8 Å². The summed E-state index contributed by atoms with van der Waals surface area (Å²) >= 11 is 0. The summed E-state index contributed by atoms with van der Waals surface area (Å²) in [6.45, 7) is 0. The molecule has 0 saturated heterocycles. The van der Waals surface area contributed by atoms with Crippen molar-refractivity contribution in [2.24, 2.45) is 0 Å². The second kappa shape index (κ2) is 7.81. The lowest BCUT2D eigenvalue weighted by Crippen LogP contribution is -2.35. The number of rotatable bonds is 4. The van der Waals surface area contributed by atoms with Crippen molar-refractivity contribution in [1.82, 2.24) is 4.90 Å². The molecule has 144 valence electrons. The third-order valence-corrected chi connectivity index (χ3v) is 6.13. The summed E-state index contributed by atoms with van der Waals surface area (Å²) in [5.74, 6) is 0.457. The Morgan fingerprint density at radius 1 is 0.750 bits per heavy atom. The van der Waals surface area contributed by atoms with Crippen molar-refractivity contribution in [3.63, 3.8) is 0 Å². The normalized spacial score (nSPS) is 18.8. The van der Waals surface area contributed by atoms with E-state index in [-0.39, 0.29) is 0 Å². The first-order chi connectivity index (χ1) is 13.5. The van der Waals surface area contributed by atoms with E-state index in [2.05, 4.69) is 111 Å². The van der Waals surface area contributed by atoms with Gasteiger partial charge in [-0.2, -0.15) is 0 Å². The van der Waals surface area contributed by atoms with E-state index < -0.39 is 0 Å². The summed E-state index contributed by atoms with van der Waals surface area (Å²) in [4.78, 5) is 4.52. The molecular formula is C26H30N2. The van der Waals surface area contributed by atoms with Crippen LogP contribution >= 0.6 is 0 Å². The Morgan fingerprint density at radius 2 is 1.50 bits per heavy atom. The summed E-state index contributed by atoms with van der Waals surface area (Å²) in [5.41, 5.74) is 8.23. The Kier molecular flexibility index (Phi) is 5.23. The predicted octanol–water partition coefficient (Wildman–Crippen LogP) is 5.43. The minimum Gasteiger partial charge on any atom is -0.378 e. The minimum absolute atomic E-state index is 0.457. The van der Waals surface area contributed by atoms with Crippen molar-refractivity contribution in [3.05, 3.63) is 89.5 Å². The molecule has 0 spiro atoms. The Balaban J connectivity index is 1.70. The summed E-state index contributed by atoms with van der Waals surface area (Å²) in [6.07, 6.45) is 2.32. The van der Waals surface area contributed by atoms with Crippen molar-refractivity contribution in [3.8, 4) is 11.1 Å². The second-order valence-electron chi connectivity index (χ2n) is 8.38. The molecule has 0 aliphatic heterocycles. The number of fused-ring (bicyclic) bond motifs is 1. The van der Waals surface area contributed by atoms with Gasteiger partial charge in [0, 0.05) is 31.7 Å². The van der Waals surface area contributed by atoms with Gasteiger partial charge in [-0.05, 0) is 66.9 Å².